The van der Waals surface area contributed by atoms with E-state index in [4.69, 9.17) is 0 Å². The Labute approximate surface area is 109 Å². The molecule has 19 heavy (non-hydrogen) atoms. The number of hydrogen-bond donors (Lipinski definition) is 1. The van der Waals surface area contributed by atoms with E-state index in [9.17, 15) is 10.4 Å². The van der Waals surface area contributed by atoms with Gasteiger partial charge in [-0.2, -0.15) is 9.46 Å². The Morgan fingerprint density at radius 1 is 0.684 bits per heavy atom. The first-order chi connectivity index (χ1) is 9.25. The van der Waals surface area contributed by atoms with Crippen LogP contribution in [0.2, 0.25) is 0 Å². The van der Waals surface area contributed by atoms with Crippen LogP contribution in [0.5, 0.6) is 0 Å². The second kappa shape index (κ2) is 4.45. The third-order valence-electron chi connectivity index (χ3n) is 2.89. The van der Waals surface area contributed by atoms with Crippen molar-refractivity contribution in [3.63, 3.8) is 0 Å². The monoisotopic (exact) mass is 253 g/mol. The van der Waals surface area contributed by atoms with Gasteiger partial charge in [-0.1, -0.05) is 0 Å². The molecule has 0 aromatic carbocycles. The summed E-state index contributed by atoms with van der Waals surface area (Å²) in [6.45, 7) is 0. The highest BCUT2D eigenvalue weighted by Crippen LogP contribution is 2.20. The maximum Gasteiger partial charge on any atom is 0.240 e. The molecule has 3 aromatic rings. The SMILES string of the molecule is [O-][n+]1ccccc1-c1ccc(-c2cccc[n+]2[O-])[nH]1. The molecule has 0 aliphatic carbocycles. The van der Waals surface area contributed by atoms with Gasteiger partial charge in [0.05, 0.1) is 0 Å². The van der Waals surface area contributed by atoms with Crippen molar-refractivity contribution in [3.05, 3.63) is 71.3 Å². The zero-order valence-corrected chi connectivity index (χ0v) is 9.98. The van der Waals surface area contributed by atoms with Crippen LogP contribution in [0.25, 0.3) is 22.8 Å². The molecule has 94 valence electrons. The molecule has 3 rings (SSSR count). The van der Waals surface area contributed by atoms with Gasteiger partial charge in [-0.3, -0.25) is 0 Å². The van der Waals surface area contributed by atoms with E-state index in [-0.39, 0.29) is 0 Å². The number of aromatic amines is 1. The van der Waals surface area contributed by atoms with Crippen molar-refractivity contribution in [1.29, 1.82) is 0 Å². The van der Waals surface area contributed by atoms with E-state index < -0.39 is 0 Å². The lowest BCUT2D eigenvalue weighted by atomic mass is 10.3. The summed E-state index contributed by atoms with van der Waals surface area (Å²) >= 11 is 0. The molecule has 0 radical (unpaired) electrons. The van der Waals surface area contributed by atoms with Gasteiger partial charge in [0.15, 0.2) is 12.4 Å². The van der Waals surface area contributed by atoms with Crippen molar-refractivity contribution in [1.82, 2.24) is 4.98 Å². The van der Waals surface area contributed by atoms with E-state index in [0.29, 0.717) is 22.8 Å². The number of aromatic nitrogens is 3. The van der Waals surface area contributed by atoms with Crippen molar-refractivity contribution in [2.45, 2.75) is 0 Å². The fourth-order valence-corrected chi connectivity index (χ4v) is 1.97. The van der Waals surface area contributed by atoms with Crippen LogP contribution >= 0.6 is 0 Å². The third kappa shape index (κ3) is 2.01. The largest absolute Gasteiger partial charge is 0.618 e. The summed E-state index contributed by atoms with van der Waals surface area (Å²) in [5.74, 6) is 0. The summed E-state index contributed by atoms with van der Waals surface area (Å²) in [5, 5.41) is 23.3. The topological polar surface area (TPSA) is 69.7 Å². The van der Waals surface area contributed by atoms with Gasteiger partial charge in [-0.15, -0.1) is 0 Å². The molecule has 0 saturated heterocycles. The zero-order valence-electron chi connectivity index (χ0n) is 9.98. The quantitative estimate of drug-likeness (QED) is 0.557. The van der Waals surface area contributed by atoms with Crippen LogP contribution in [-0.2, 0) is 0 Å². The van der Waals surface area contributed by atoms with Crippen LogP contribution < -0.4 is 9.46 Å². The standard InChI is InChI=1S/C14H11N3O2/c18-16-9-3-1-5-13(16)11-7-8-12(15-11)14-6-2-4-10-17(14)19/h1-10,15H. The maximum atomic E-state index is 11.7. The first kappa shape index (κ1) is 11.3. The second-order valence-electron chi connectivity index (χ2n) is 4.11. The Bertz CT molecular complexity index is 662. The molecule has 3 aromatic heterocycles. The number of rotatable bonds is 2. The number of nitrogens with zero attached hydrogens (tertiary/aromatic N) is 2. The lowest BCUT2D eigenvalue weighted by molar-refractivity contribution is -0.594. The fraction of sp³-hybridized carbons (Fsp3) is 0. The number of nitrogens with one attached hydrogen (secondary N) is 1. The van der Waals surface area contributed by atoms with Crippen LogP contribution in [0.4, 0.5) is 0 Å². The summed E-state index contributed by atoms with van der Waals surface area (Å²) in [6.07, 6.45) is 2.87. The molecule has 5 heteroatoms. The molecule has 0 spiro atoms. The van der Waals surface area contributed by atoms with Gasteiger partial charge in [-0.25, -0.2) is 0 Å². The van der Waals surface area contributed by atoms with E-state index in [1.807, 2.05) is 0 Å². The van der Waals surface area contributed by atoms with Crippen molar-refractivity contribution in [3.8, 4) is 22.8 Å². The molecule has 0 amide bonds. The predicted molar refractivity (Wildman–Crippen MR) is 69.6 cm³/mol. The smallest absolute Gasteiger partial charge is 0.240 e. The van der Waals surface area contributed by atoms with Crippen LogP contribution in [0.15, 0.2) is 60.9 Å². The highest BCUT2D eigenvalue weighted by atomic mass is 16.5. The van der Waals surface area contributed by atoms with Gasteiger partial charge >= 0.3 is 0 Å². The van der Waals surface area contributed by atoms with E-state index in [1.54, 1.807) is 48.5 Å². The van der Waals surface area contributed by atoms with Gasteiger partial charge in [0, 0.05) is 24.3 Å². The van der Waals surface area contributed by atoms with Crippen LogP contribution in [-0.4, -0.2) is 4.98 Å². The van der Waals surface area contributed by atoms with E-state index >= 15 is 0 Å². The molecular weight excluding hydrogens is 242 g/mol. The fourth-order valence-electron chi connectivity index (χ4n) is 1.97. The first-order valence-corrected chi connectivity index (χ1v) is 5.82. The average molecular weight is 253 g/mol. The molecule has 3 heterocycles. The van der Waals surface area contributed by atoms with Crippen molar-refractivity contribution in [2.24, 2.45) is 0 Å². The molecule has 1 N–H and O–H groups in total. The molecular formula is C14H11N3O2. The van der Waals surface area contributed by atoms with Crippen LogP contribution in [0, 0.1) is 10.4 Å². The highest BCUT2D eigenvalue weighted by Gasteiger charge is 2.14. The molecule has 0 fully saturated rings. The number of H-pyrrole nitrogens is 1. The van der Waals surface area contributed by atoms with E-state index in [1.165, 1.54) is 12.4 Å². The van der Waals surface area contributed by atoms with Gasteiger partial charge < -0.3 is 15.4 Å². The van der Waals surface area contributed by atoms with E-state index in [2.05, 4.69) is 4.98 Å². The normalized spacial score (nSPS) is 10.5. The van der Waals surface area contributed by atoms with Gasteiger partial charge in [0.25, 0.3) is 0 Å². The summed E-state index contributed by atoms with van der Waals surface area (Å²) in [4.78, 5) is 3.09. The molecule has 0 saturated carbocycles. The Morgan fingerprint density at radius 3 is 1.58 bits per heavy atom. The van der Waals surface area contributed by atoms with Crippen molar-refractivity contribution >= 4 is 0 Å². The number of hydrogen-bond acceptors (Lipinski definition) is 2. The molecule has 0 aliphatic rings. The summed E-state index contributed by atoms with van der Waals surface area (Å²) in [7, 11) is 0. The van der Waals surface area contributed by atoms with Crippen LogP contribution in [0.1, 0.15) is 0 Å². The lowest BCUT2D eigenvalue weighted by Gasteiger charge is -2.02. The molecule has 0 unspecified atom stereocenters. The average Bonchev–Trinajstić information content (AvgIpc) is 2.89. The van der Waals surface area contributed by atoms with E-state index in [0.717, 1.165) is 9.46 Å². The Morgan fingerprint density at radius 2 is 1.16 bits per heavy atom. The Balaban J connectivity index is 2.06. The summed E-state index contributed by atoms with van der Waals surface area (Å²) in [5.41, 5.74) is 2.38. The first-order valence-electron chi connectivity index (χ1n) is 5.82. The summed E-state index contributed by atoms with van der Waals surface area (Å²) in [6, 6.07) is 13.9. The highest BCUT2D eigenvalue weighted by molar-refractivity contribution is 5.61. The second-order valence-corrected chi connectivity index (χ2v) is 4.11. The third-order valence-corrected chi connectivity index (χ3v) is 2.89. The number of pyridine rings is 2. The molecule has 0 atom stereocenters. The van der Waals surface area contributed by atoms with Crippen molar-refractivity contribution in [2.75, 3.05) is 0 Å². The summed E-state index contributed by atoms with van der Waals surface area (Å²) < 4.78 is 1.57. The predicted octanol–water partition coefficient (Wildman–Crippen LogP) is 1.62. The van der Waals surface area contributed by atoms with Gasteiger partial charge in [-0.05, 0) is 24.3 Å². The lowest BCUT2D eigenvalue weighted by Crippen LogP contribution is -2.28. The minimum Gasteiger partial charge on any atom is -0.618 e. The molecule has 0 bridgehead atoms. The minimum absolute atomic E-state index is 0.516. The Kier molecular flexibility index (Phi) is 2.64. The zero-order chi connectivity index (χ0) is 13.2. The van der Waals surface area contributed by atoms with Gasteiger partial charge in [0.2, 0.25) is 11.4 Å². The molecule has 0 aliphatic heterocycles. The molecule has 5 nitrogen and oxygen atoms in total. The Hall–Kier alpha value is -2.82. The minimum atomic E-state index is 0.516. The maximum absolute atomic E-state index is 11.7. The van der Waals surface area contributed by atoms with Crippen molar-refractivity contribution < 1.29 is 9.46 Å². The van der Waals surface area contributed by atoms with Crippen LogP contribution in [0.3, 0.4) is 0 Å². The van der Waals surface area contributed by atoms with Gasteiger partial charge in [0.1, 0.15) is 11.4 Å².